The first-order valence-corrected chi connectivity index (χ1v) is 7.91. The first-order chi connectivity index (χ1) is 10.8. The van der Waals surface area contributed by atoms with Crippen molar-refractivity contribution in [3.63, 3.8) is 0 Å². The van der Waals surface area contributed by atoms with Gasteiger partial charge in [0.05, 0.1) is 27.8 Å². The van der Waals surface area contributed by atoms with Gasteiger partial charge >= 0.3 is 0 Å². The molecule has 0 N–H and O–H groups in total. The molecule has 0 bridgehead atoms. The van der Waals surface area contributed by atoms with Gasteiger partial charge in [0.1, 0.15) is 5.02 Å². The van der Waals surface area contributed by atoms with Gasteiger partial charge in [0.2, 0.25) is 0 Å². The molecule has 1 heterocycles. The van der Waals surface area contributed by atoms with Crippen molar-refractivity contribution in [3.8, 4) is 0 Å². The Labute approximate surface area is 146 Å². The quantitative estimate of drug-likeness (QED) is 0.567. The second-order valence-electron chi connectivity index (χ2n) is 4.84. The Morgan fingerprint density at radius 1 is 1.52 bits per heavy atom. The minimum absolute atomic E-state index is 0.000932. The summed E-state index contributed by atoms with van der Waals surface area (Å²) in [5.41, 5.74) is 0.778. The third-order valence-electron chi connectivity index (χ3n) is 3.32. The van der Waals surface area contributed by atoms with Gasteiger partial charge in [0.25, 0.3) is 11.6 Å². The molecule has 0 saturated heterocycles. The number of nitro groups is 1. The number of amides is 1. The highest BCUT2D eigenvalue weighted by molar-refractivity contribution is 9.10. The largest absolute Gasteiger partial charge is 0.336 e. The van der Waals surface area contributed by atoms with E-state index in [1.165, 1.54) is 23.1 Å². The molecule has 0 unspecified atom stereocenters. The number of carbonyl (C=O) groups excluding carboxylic acids is 1. The number of nitrogens with zero attached hydrogens (tertiary/aromatic N) is 4. The Morgan fingerprint density at radius 2 is 2.22 bits per heavy atom. The summed E-state index contributed by atoms with van der Waals surface area (Å²) in [7, 11) is 1.63. The van der Waals surface area contributed by atoms with Crippen LogP contribution in [0.15, 0.2) is 28.9 Å². The molecule has 2 aromatic rings. The average molecular weight is 402 g/mol. The number of hydrogen-bond acceptors (Lipinski definition) is 4. The van der Waals surface area contributed by atoms with E-state index >= 15 is 0 Å². The van der Waals surface area contributed by atoms with Gasteiger partial charge in [-0.1, -0.05) is 11.6 Å². The summed E-state index contributed by atoms with van der Waals surface area (Å²) < 4.78 is 2.58. The van der Waals surface area contributed by atoms with E-state index in [-0.39, 0.29) is 22.2 Å². The molecule has 1 aromatic heterocycles. The first-order valence-electron chi connectivity index (χ1n) is 6.74. The van der Waals surface area contributed by atoms with Gasteiger partial charge in [-0.25, -0.2) is 0 Å². The number of halogens is 2. The Kier molecular flexibility index (Phi) is 5.38. The molecule has 0 fully saturated rings. The molecular formula is C14H14BrClN4O3. The van der Waals surface area contributed by atoms with Crippen LogP contribution in [0.3, 0.4) is 0 Å². The van der Waals surface area contributed by atoms with E-state index in [2.05, 4.69) is 21.0 Å². The lowest BCUT2D eigenvalue weighted by Crippen LogP contribution is -2.27. The van der Waals surface area contributed by atoms with Gasteiger partial charge in [0, 0.05) is 25.2 Å². The third-order valence-corrected chi connectivity index (χ3v) is 4.30. The average Bonchev–Trinajstić information content (AvgIpc) is 2.87. The molecule has 0 atom stereocenters. The maximum absolute atomic E-state index is 12.5. The summed E-state index contributed by atoms with van der Waals surface area (Å²) in [5, 5.41) is 15.1. The van der Waals surface area contributed by atoms with E-state index in [0.29, 0.717) is 13.1 Å². The predicted molar refractivity (Wildman–Crippen MR) is 89.5 cm³/mol. The van der Waals surface area contributed by atoms with Crippen LogP contribution in [0.25, 0.3) is 0 Å². The van der Waals surface area contributed by atoms with Crippen molar-refractivity contribution >= 4 is 39.1 Å². The summed E-state index contributed by atoms with van der Waals surface area (Å²) in [6.07, 6.45) is 1.67. The Hall–Kier alpha value is -1.93. The number of aryl methyl sites for hydroxylation is 1. The predicted octanol–water partition coefficient (Wildman–Crippen LogP) is 3.50. The molecule has 0 radical (unpaired) electrons. The van der Waals surface area contributed by atoms with E-state index in [0.717, 1.165) is 10.2 Å². The standard InChI is InChI=1S/C14H14BrClN4O3/c1-3-19-13(10(15)7-17-19)8-18(2)14(21)9-4-5-11(16)12(6-9)20(22)23/h4-7H,3,8H2,1-2H3. The summed E-state index contributed by atoms with van der Waals surface area (Å²) >= 11 is 9.17. The molecule has 1 amide bonds. The first kappa shape index (κ1) is 17.4. The topological polar surface area (TPSA) is 81.3 Å². The summed E-state index contributed by atoms with van der Waals surface area (Å²) in [5.74, 6) is -0.333. The van der Waals surface area contributed by atoms with Gasteiger partial charge in [0.15, 0.2) is 0 Å². The smallest absolute Gasteiger partial charge is 0.288 e. The molecule has 122 valence electrons. The summed E-state index contributed by atoms with van der Waals surface area (Å²) in [6.45, 7) is 2.95. The number of benzene rings is 1. The van der Waals surface area contributed by atoms with E-state index in [4.69, 9.17) is 11.6 Å². The summed E-state index contributed by atoms with van der Waals surface area (Å²) in [6, 6.07) is 4.01. The van der Waals surface area contributed by atoms with Crippen LogP contribution >= 0.6 is 27.5 Å². The molecule has 7 nitrogen and oxygen atoms in total. The maximum Gasteiger partial charge on any atom is 0.288 e. The minimum atomic E-state index is -0.609. The molecule has 0 saturated carbocycles. The number of aromatic nitrogens is 2. The molecule has 2 rings (SSSR count). The van der Waals surface area contributed by atoms with Gasteiger partial charge in [-0.2, -0.15) is 5.10 Å². The lowest BCUT2D eigenvalue weighted by molar-refractivity contribution is -0.384. The lowest BCUT2D eigenvalue weighted by atomic mass is 10.1. The molecule has 0 spiro atoms. The van der Waals surface area contributed by atoms with Crippen molar-refractivity contribution < 1.29 is 9.72 Å². The van der Waals surface area contributed by atoms with Crippen LogP contribution in [-0.4, -0.2) is 32.6 Å². The van der Waals surface area contributed by atoms with E-state index in [9.17, 15) is 14.9 Å². The highest BCUT2D eigenvalue weighted by atomic mass is 79.9. The third kappa shape index (κ3) is 3.70. The van der Waals surface area contributed by atoms with E-state index < -0.39 is 4.92 Å². The molecular weight excluding hydrogens is 388 g/mol. The molecule has 0 aliphatic heterocycles. The van der Waals surface area contributed by atoms with Gasteiger partial charge in [-0.15, -0.1) is 0 Å². The van der Waals surface area contributed by atoms with E-state index in [1.807, 2.05) is 6.92 Å². The second kappa shape index (κ2) is 7.10. The number of nitro benzene ring substituents is 1. The van der Waals surface area contributed by atoms with Crippen molar-refractivity contribution in [1.82, 2.24) is 14.7 Å². The Balaban J connectivity index is 2.25. The number of carbonyl (C=O) groups is 1. The Morgan fingerprint density at radius 3 is 2.83 bits per heavy atom. The molecule has 0 aliphatic rings. The number of rotatable bonds is 5. The highest BCUT2D eigenvalue weighted by Gasteiger charge is 2.20. The zero-order valence-corrected chi connectivity index (χ0v) is 14.8. The summed E-state index contributed by atoms with van der Waals surface area (Å²) in [4.78, 5) is 24.3. The lowest BCUT2D eigenvalue weighted by Gasteiger charge is -2.18. The normalized spacial score (nSPS) is 10.6. The Bertz CT molecular complexity index is 762. The van der Waals surface area contributed by atoms with Gasteiger partial charge in [-0.3, -0.25) is 19.6 Å². The fraction of sp³-hybridized carbons (Fsp3) is 0.286. The molecule has 23 heavy (non-hydrogen) atoms. The zero-order valence-electron chi connectivity index (χ0n) is 12.5. The van der Waals surface area contributed by atoms with Crippen LogP contribution in [0.5, 0.6) is 0 Å². The van der Waals surface area contributed by atoms with Gasteiger partial charge in [-0.05, 0) is 35.0 Å². The highest BCUT2D eigenvalue weighted by Crippen LogP contribution is 2.26. The monoisotopic (exact) mass is 400 g/mol. The fourth-order valence-corrected chi connectivity index (χ4v) is 2.73. The van der Waals surface area contributed by atoms with Gasteiger partial charge < -0.3 is 4.90 Å². The van der Waals surface area contributed by atoms with Crippen molar-refractivity contribution in [2.45, 2.75) is 20.0 Å². The van der Waals surface area contributed by atoms with Crippen LogP contribution in [0, 0.1) is 10.1 Å². The molecule has 0 aliphatic carbocycles. The zero-order chi connectivity index (χ0) is 17.1. The van der Waals surface area contributed by atoms with Crippen LogP contribution in [0.2, 0.25) is 5.02 Å². The van der Waals surface area contributed by atoms with Crippen molar-refractivity contribution in [2.24, 2.45) is 0 Å². The van der Waals surface area contributed by atoms with Crippen LogP contribution in [-0.2, 0) is 13.1 Å². The van der Waals surface area contributed by atoms with Crippen molar-refractivity contribution in [3.05, 3.63) is 55.3 Å². The van der Waals surface area contributed by atoms with E-state index in [1.54, 1.807) is 17.9 Å². The number of hydrogen-bond donors (Lipinski definition) is 0. The SMILES string of the molecule is CCn1ncc(Br)c1CN(C)C(=O)c1ccc(Cl)c([N+](=O)[O-])c1. The molecule has 1 aromatic carbocycles. The fourth-order valence-electron chi connectivity index (χ4n) is 2.12. The maximum atomic E-state index is 12.5. The minimum Gasteiger partial charge on any atom is -0.336 e. The van der Waals surface area contributed by atoms with Crippen molar-refractivity contribution in [2.75, 3.05) is 7.05 Å². The van der Waals surface area contributed by atoms with Crippen LogP contribution < -0.4 is 0 Å². The van der Waals surface area contributed by atoms with Crippen LogP contribution in [0.4, 0.5) is 5.69 Å². The van der Waals surface area contributed by atoms with Crippen LogP contribution in [0.1, 0.15) is 23.0 Å². The molecule has 9 heteroatoms. The second-order valence-corrected chi connectivity index (χ2v) is 6.10. The van der Waals surface area contributed by atoms with Crippen molar-refractivity contribution in [1.29, 1.82) is 0 Å².